The average molecular weight is 441 g/mol. The number of amides is 1. The Morgan fingerprint density at radius 1 is 1.00 bits per heavy atom. The molecule has 8 nitrogen and oxygen atoms in total. The molecular formula is C19H21ClN2O6S. The fourth-order valence-corrected chi connectivity index (χ4v) is 4.40. The molecule has 29 heavy (non-hydrogen) atoms. The maximum absolute atomic E-state index is 12.8. The largest absolute Gasteiger partial charge is 0.495 e. The normalized spacial score (nSPS) is 13.7. The standard InChI is InChI=1S/C19H21ClN2O6S/c1-26-15-7-4-11(8-18(15)29(24,25)22-12-5-6-12)19(23)21-14-9-13(20)16(27-2)10-17(14)28-3/h4,7-10,12,22H,5-6H2,1-3H3,(H,21,23). The number of methoxy groups -OCH3 is 3. The second-order valence-corrected chi connectivity index (χ2v) is 8.49. The Balaban J connectivity index is 1.92. The lowest BCUT2D eigenvalue weighted by molar-refractivity contribution is 0.102. The van der Waals surface area contributed by atoms with E-state index in [0.717, 1.165) is 12.8 Å². The molecular weight excluding hydrogens is 420 g/mol. The fourth-order valence-electron chi connectivity index (χ4n) is 2.66. The fraction of sp³-hybridized carbons (Fsp3) is 0.316. The number of nitrogens with one attached hydrogen (secondary N) is 2. The van der Waals surface area contributed by atoms with Crippen LogP contribution < -0.4 is 24.2 Å². The molecule has 0 atom stereocenters. The van der Waals surface area contributed by atoms with Crippen molar-refractivity contribution in [3.63, 3.8) is 0 Å². The van der Waals surface area contributed by atoms with E-state index < -0.39 is 15.9 Å². The zero-order valence-electron chi connectivity index (χ0n) is 16.1. The molecule has 0 unspecified atom stereocenters. The molecule has 1 fully saturated rings. The van der Waals surface area contributed by atoms with Crippen LogP contribution in [0.25, 0.3) is 0 Å². The molecule has 0 aromatic heterocycles. The van der Waals surface area contributed by atoms with Gasteiger partial charge in [0.1, 0.15) is 22.1 Å². The van der Waals surface area contributed by atoms with Crippen LogP contribution in [0.1, 0.15) is 23.2 Å². The number of hydrogen-bond acceptors (Lipinski definition) is 6. The van der Waals surface area contributed by atoms with Gasteiger partial charge in [0.15, 0.2) is 0 Å². The first-order valence-corrected chi connectivity index (χ1v) is 10.6. The number of sulfonamides is 1. The minimum absolute atomic E-state index is 0.0760. The minimum Gasteiger partial charge on any atom is -0.495 e. The van der Waals surface area contributed by atoms with E-state index in [9.17, 15) is 13.2 Å². The van der Waals surface area contributed by atoms with Gasteiger partial charge in [-0.15, -0.1) is 0 Å². The summed E-state index contributed by atoms with van der Waals surface area (Å²) < 4.78 is 43.4. The van der Waals surface area contributed by atoms with Crippen LogP contribution in [0.2, 0.25) is 5.02 Å². The second-order valence-electron chi connectivity index (χ2n) is 6.40. The Morgan fingerprint density at radius 2 is 1.66 bits per heavy atom. The van der Waals surface area contributed by atoms with Crippen LogP contribution in [-0.2, 0) is 10.0 Å². The van der Waals surface area contributed by atoms with Crippen LogP contribution >= 0.6 is 11.6 Å². The van der Waals surface area contributed by atoms with Gasteiger partial charge in [0.25, 0.3) is 5.91 Å². The van der Waals surface area contributed by atoms with Crippen molar-refractivity contribution < 1.29 is 27.4 Å². The summed E-state index contributed by atoms with van der Waals surface area (Å²) in [6, 6.07) is 7.15. The number of hydrogen-bond donors (Lipinski definition) is 2. The highest BCUT2D eigenvalue weighted by atomic mass is 35.5. The van der Waals surface area contributed by atoms with E-state index in [1.54, 1.807) is 6.07 Å². The van der Waals surface area contributed by atoms with Crippen molar-refractivity contribution >= 4 is 33.2 Å². The highest BCUT2D eigenvalue weighted by Crippen LogP contribution is 2.36. The monoisotopic (exact) mass is 440 g/mol. The summed E-state index contributed by atoms with van der Waals surface area (Å²) >= 11 is 6.13. The zero-order valence-corrected chi connectivity index (χ0v) is 17.7. The van der Waals surface area contributed by atoms with Crippen LogP contribution in [0.3, 0.4) is 0 Å². The minimum atomic E-state index is -3.81. The highest BCUT2D eigenvalue weighted by Gasteiger charge is 2.30. The lowest BCUT2D eigenvalue weighted by atomic mass is 10.2. The molecule has 2 aromatic rings. The number of benzene rings is 2. The summed E-state index contributed by atoms with van der Waals surface area (Å²) in [5.41, 5.74) is 0.454. The van der Waals surface area contributed by atoms with Crippen LogP contribution in [0.4, 0.5) is 5.69 Å². The number of anilines is 1. The van der Waals surface area contributed by atoms with Gasteiger partial charge >= 0.3 is 0 Å². The third-order valence-electron chi connectivity index (χ3n) is 4.34. The summed E-state index contributed by atoms with van der Waals surface area (Å²) in [4.78, 5) is 12.7. The van der Waals surface area contributed by atoms with Gasteiger partial charge < -0.3 is 19.5 Å². The van der Waals surface area contributed by atoms with Crippen molar-refractivity contribution in [2.45, 2.75) is 23.8 Å². The first kappa shape index (κ1) is 21.2. The first-order chi connectivity index (χ1) is 13.8. The first-order valence-electron chi connectivity index (χ1n) is 8.72. The van der Waals surface area contributed by atoms with E-state index in [-0.39, 0.29) is 27.3 Å². The molecule has 1 amide bonds. The maximum atomic E-state index is 12.8. The molecule has 156 valence electrons. The SMILES string of the molecule is COc1cc(OC)c(NC(=O)c2ccc(OC)c(S(=O)(=O)NC3CC3)c2)cc1Cl. The predicted molar refractivity (Wildman–Crippen MR) is 109 cm³/mol. The summed E-state index contributed by atoms with van der Waals surface area (Å²) in [6.45, 7) is 0. The van der Waals surface area contributed by atoms with E-state index in [2.05, 4.69) is 10.0 Å². The highest BCUT2D eigenvalue weighted by molar-refractivity contribution is 7.89. The van der Waals surface area contributed by atoms with Crippen molar-refractivity contribution in [2.24, 2.45) is 0 Å². The van der Waals surface area contributed by atoms with Crippen LogP contribution in [0.15, 0.2) is 35.2 Å². The van der Waals surface area contributed by atoms with E-state index in [1.807, 2.05) is 0 Å². The van der Waals surface area contributed by atoms with Gasteiger partial charge in [-0.1, -0.05) is 11.6 Å². The molecule has 0 spiro atoms. The van der Waals surface area contributed by atoms with Gasteiger partial charge in [-0.3, -0.25) is 4.79 Å². The van der Waals surface area contributed by atoms with Crippen LogP contribution in [0.5, 0.6) is 17.2 Å². The Morgan fingerprint density at radius 3 is 2.24 bits per heavy atom. The van der Waals surface area contributed by atoms with Gasteiger partial charge in [0.2, 0.25) is 10.0 Å². The number of ether oxygens (including phenoxy) is 3. The molecule has 0 saturated heterocycles. The third-order valence-corrected chi connectivity index (χ3v) is 6.17. The molecule has 1 saturated carbocycles. The van der Waals surface area contributed by atoms with Crippen molar-refractivity contribution in [3.05, 3.63) is 40.9 Å². The summed E-state index contributed by atoms with van der Waals surface area (Å²) in [7, 11) is 0.466. The van der Waals surface area contributed by atoms with Gasteiger partial charge in [-0.2, -0.15) is 0 Å². The van der Waals surface area contributed by atoms with Gasteiger partial charge in [-0.05, 0) is 37.1 Å². The smallest absolute Gasteiger partial charge is 0.255 e. The second kappa shape index (κ2) is 8.48. The quantitative estimate of drug-likeness (QED) is 0.654. The molecule has 0 bridgehead atoms. The molecule has 1 aliphatic rings. The Labute approximate surface area is 174 Å². The van der Waals surface area contributed by atoms with E-state index in [0.29, 0.717) is 17.2 Å². The number of carbonyl (C=O) groups is 1. The Bertz CT molecular complexity index is 1040. The molecule has 10 heteroatoms. The predicted octanol–water partition coefficient (Wildman–Crippen LogP) is 3.06. The van der Waals surface area contributed by atoms with Crippen LogP contribution in [-0.4, -0.2) is 41.7 Å². The molecule has 0 aliphatic heterocycles. The van der Waals surface area contributed by atoms with Crippen LogP contribution in [0, 0.1) is 0 Å². The molecule has 1 aliphatic carbocycles. The van der Waals surface area contributed by atoms with Gasteiger partial charge in [0.05, 0.1) is 32.0 Å². The molecule has 2 N–H and O–H groups in total. The van der Waals surface area contributed by atoms with Crippen molar-refractivity contribution in [1.82, 2.24) is 4.72 Å². The van der Waals surface area contributed by atoms with Gasteiger partial charge in [0, 0.05) is 17.7 Å². The lowest BCUT2D eigenvalue weighted by Gasteiger charge is -2.14. The van der Waals surface area contributed by atoms with Crippen molar-refractivity contribution in [2.75, 3.05) is 26.6 Å². The molecule has 2 aromatic carbocycles. The zero-order chi connectivity index (χ0) is 21.2. The maximum Gasteiger partial charge on any atom is 0.255 e. The van der Waals surface area contributed by atoms with E-state index >= 15 is 0 Å². The van der Waals surface area contributed by atoms with E-state index in [1.165, 1.54) is 45.6 Å². The Kier molecular flexibility index (Phi) is 6.21. The average Bonchev–Trinajstić information content (AvgIpc) is 3.51. The van der Waals surface area contributed by atoms with E-state index in [4.69, 9.17) is 25.8 Å². The van der Waals surface area contributed by atoms with Gasteiger partial charge in [-0.25, -0.2) is 13.1 Å². The topological polar surface area (TPSA) is 103 Å². The summed E-state index contributed by atoms with van der Waals surface area (Å²) in [5.74, 6) is 0.358. The lowest BCUT2D eigenvalue weighted by Crippen LogP contribution is -2.26. The van der Waals surface area contributed by atoms with Crippen molar-refractivity contribution in [3.8, 4) is 17.2 Å². The summed E-state index contributed by atoms with van der Waals surface area (Å²) in [6.07, 6.45) is 1.58. The summed E-state index contributed by atoms with van der Waals surface area (Å²) in [5, 5.41) is 2.97. The number of carbonyl (C=O) groups excluding carboxylic acids is 1. The third kappa shape index (κ3) is 4.75. The number of halogens is 1. The molecule has 0 radical (unpaired) electrons. The Hall–Kier alpha value is -2.49. The molecule has 3 rings (SSSR count). The van der Waals surface area contributed by atoms with Crippen molar-refractivity contribution in [1.29, 1.82) is 0 Å². The molecule has 0 heterocycles. The number of rotatable bonds is 8.